The number of carbonyl (C=O) groups excluding carboxylic acids is 2. The van der Waals surface area contributed by atoms with Gasteiger partial charge in [0.05, 0.1) is 23.5 Å². The monoisotopic (exact) mass is 340 g/mol. The molecule has 3 fully saturated rings. The Kier molecular flexibility index (Phi) is 2.25. The summed E-state index contributed by atoms with van der Waals surface area (Å²) in [6.07, 6.45) is 5.67. The Balaban J connectivity index is 1.65. The Labute approximate surface area is 145 Å². The second-order valence-corrected chi connectivity index (χ2v) is 8.80. The van der Waals surface area contributed by atoms with E-state index in [1.165, 1.54) is 0 Å². The summed E-state index contributed by atoms with van der Waals surface area (Å²) in [5, 5.41) is 0. The molecule has 0 radical (unpaired) electrons. The van der Waals surface area contributed by atoms with Gasteiger partial charge in [0.25, 0.3) is 0 Å². The molecule has 1 spiro atoms. The first-order valence-corrected chi connectivity index (χ1v) is 9.07. The number of ketones is 1. The quantitative estimate of drug-likeness (QED) is 0.536. The van der Waals surface area contributed by atoms with E-state index in [9.17, 15) is 9.59 Å². The molecule has 5 nitrogen and oxygen atoms in total. The average molecular weight is 340 g/mol. The van der Waals surface area contributed by atoms with Gasteiger partial charge in [0.2, 0.25) is 0 Å². The molecule has 2 saturated heterocycles. The Morgan fingerprint density at radius 3 is 2.92 bits per heavy atom. The second-order valence-electron chi connectivity index (χ2n) is 8.80. The molecule has 6 atom stereocenters. The van der Waals surface area contributed by atoms with Crippen LogP contribution in [0.25, 0.3) is 0 Å². The lowest BCUT2D eigenvalue weighted by molar-refractivity contribution is -0.135. The third-order valence-corrected chi connectivity index (χ3v) is 7.97. The van der Waals surface area contributed by atoms with E-state index in [1.807, 2.05) is 6.08 Å². The number of esters is 1. The molecule has 25 heavy (non-hydrogen) atoms. The Morgan fingerprint density at radius 2 is 2.08 bits per heavy atom. The SMILES string of the molecule is CC12CC(=O)c3ccoc3C3CC=C4C(=O)OCC4(CC4OC41C)C32. The molecule has 3 aliphatic carbocycles. The van der Waals surface area contributed by atoms with Gasteiger partial charge in [-0.1, -0.05) is 13.0 Å². The lowest BCUT2D eigenvalue weighted by Crippen LogP contribution is -2.58. The first-order valence-electron chi connectivity index (χ1n) is 9.07. The third-order valence-electron chi connectivity index (χ3n) is 7.97. The molecule has 1 aromatic heterocycles. The highest BCUT2D eigenvalue weighted by Gasteiger charge is 2.78. The number of hydrogen-bond donors (Lipinski definition) is 0. The number of ether oxygens (including phenoxy) is 2. The zero-order valence-electron chi connectivity index (χ0n) is 14.3. The Morgan fingerprint density at radius 1 is 1.24 bits per heavy atom. The molecule has 6 unspecified atom stereocenters. The number of allylic oxidation sites excluding steroid dienone is 1. The summed E-state index contributed by atoms with van der Waals surface area (Å²) in [6, 6.07) is 1.80. The van der Waals surface area contributed by atoms with Crippen molar-refractivity contribution in [3.63, 3.8) is 0 Å². The van der Waals surface area contributed by atoms with Crippen molar-refractivity contribution in [2.45, 2.75) is 50.7 Å². The van der Waals surface area contributed by atoms with Gasteiger partial charge in [0, 0.05) is 28.7 Å². The van der Waals surface area contributed by atoms with Crippen LogP contribution >= 0.6 is 0 Å². The van der Waals surface area contributed by atoms with E-state index in [1.54, 1.807) is 12.3 Å². The molecule has 0 aromatic carbocycles. The first-order chi connectivity index (χ1) is 11.9. The molecule has 1 aromatic rings. The van der Waals surface area contributed by atoms with Crippen molar-refractivity contribution in [3.8, 4) is 0 Å². The van der Waals surface area contributed by atoms with E-state index in [4.69, 9.17) is 13.9 Å². The summed E-state index contributed by atoms with van der Waals surface area (Å²) < 4.78 is 17.5. The number of cyclic esters (lactones) is 1. The fraction of sp³-hybridized carbons (Fsp3) is 0.600. The highest BCUT2D eigenvalue weighted by molar-refractivity contribution is 5.99. The van der Waals surface area contributed by atoms with Gasteiger partial charge < -0.3 is 13.9 Å². The lowest BCUT2D eigenvalue weighted by Gasteiger charge is -2.55. The van der Waals surface area contributed by atoms with Crippen LogP contribution in [-0.4, -0.2) is 30.1 Å². The third kappa shape index (κ3) is 1.36. The number of Topliss-reactive ketones (excluding diaryl/α,β-unsaturated/α-hetero) is 1. The molecule has 5 heteroatoms. The minimum Gasteiger partial charge on any atom is -0.468 e. The van der Waals surface area contributed by atoms with Crippen LogP contribution in [0.3, 0.4) is 0 Å². The summed E-state index contributed by atoms with van der Waals surface area (Å²) in [5.74, 6) is 0.906. The van der Waals surface area contributed by atoms with Crippen molar-refractivity contribution in [2.75, 3.05) is 6.61 Å². The van der Waals surface area contributed by atoms with Crippen LogP contribution in [-0.2, 0) is 14.3 Å². The highest BCUT2D eigenvalue weighted by atomic mass is 16.6. The van der Waals surface area contributed by atoms with Crippen LogP contribution in [0.5, 0.6) is 0 Å². The molecule has 2 aliphatic heterocycles. The van der Waals surface area contributed by atoms with Crippen molar-refractivity contribution in [1.82, 2.24) is 0 Å². The molecule has 3 heterocycles. The predicted molar refractivity (Wildman–Crippen MR) is 86.0 cm³/mol. The largest absolute Gasteiger partial charge is 0.468 e. The maximum atomic E-state index is 13.0. The van der Waals surface area contributed by atoms with Gasteiger partial charge in [-0.25, -0.2) is 4.79 Å². The second kappa shape index (κ2) is 3.93. The van der Waals surface area contributed by atoms with Gasteiger partial charge >= 0.3 is 5.97 Å². The van der Waals surface area contributed by atoms with E-state index in [0.717, 1.165) is 17.8 Å². The smallest absolute Gasteiger partial charge is 0.334 e. The first kappa shape index (κ1) is 14.3. The van der Waals surface area contributed by atoms with Gasteiger partial charge in [0.1, 0.15) is 12.4 Å². The van der Waals surface area contributed by atoms with Crippen molar-refractivity contribution in [3.05, 3.63) is 35.3 Å². The maximum Gasteiger partial charge on any atom is 0.334 e. The molecule has 0 bridgehead atoms. The normalized spacial score (nSPS) is 49.2. The summed E-state index contributed by atoms with van der Waals surface area (Å²) in [4.78, 5) is 25.5. The van der Waals surface area contributed by atoms with E-state index < -0.39 is 0 Å². The Bertz CT molecular complexity index is 880. The zero-order chi connectivity index (χ0) is 17.2. The van der Waals surface area contributed by atoms with Crippen LogP contribution < -0.4 is 0 Å². The lowest BCUT2D eigenvalue weighted by atomic mass is 9.44. The summed E-state index contributed by atoms with van der Waals surface area (Å²) in [7, 11) is 0. The van der Waals surface area contributed by atoms with E-state index in [0.29, 0.717) is 25.0 Å². The fourth-order valence-corrected chi connectivity index (χ4v) is 6.66. The molecule has 0 N–H and O–H groups in total. The van der Waals surface area contributed by atoms with Crippen LogP contribution in [0.2, 0.25) is 0 Å². The molecular weight excluding hydrogens is 320 g/mol. The van der Waals surface area contributed by atoms with Crippen LogP contribution in [0.15, 0.2) is 28.4 Å². The maximum absolute atomic E-state index is 13.0. The Hall–Kier alpha value is -1.88. The van der Waals surface area contributed by atoms with Gasteiger partial charge in [0.15, 0.2) is 5.78 Å². The topological polar surface area (TPSA) is 69.0 Å². The number of epoxide rings is 1. The van der Waals surface area contributed by atoms with Crippen LogP contribution in [0, 0.1) is 16.7 Å². The number of carbonyl (C=O) groups is 2. The molecule has 1 saturated carbocycles. The number of fused-ring (bicyclic) bond motifs is 4. The predicted octanol–water partition coefficient (Wildman–Crippen LogP) is 3.01. The van der Waals surface area contributed by atoms with Crippen molar-refractivity contribution in [2.24, 2.45) is 16.7 Å². The summed E-state index contributed by atoms with van der Waals surface area (Å²) in [5.41, 5.74) is 0.504. The molecular formula is C20H20O5. The minimum atomic E-state index is -0.357. The minimum absolute atomic E-state index is 0.0849. The molecule has 130 valence electrons. The van der Waals surface area contributed by atoms with Crippen molar-refractivity contribution < 1.29 is 23.5 Å². The van der Waals surface area contributed by atoms with E-state index in [2.05, 4.69) is 13.8 Å². The van der Waals surface area contributed by atoms with Crippen molar-refractivity contribution >= 4 is 11.8 Å². The van der Waals surface area contributed by atoms with Crippen LogP contribution in [0.4, 0.5) is 0 Å². The zero-order valence-corrected chi connectivity index (χ0v) is 14.3. The van der Waals surface area contributed by atoms with Crippen LogP contribution in [0.1, 0.15) is 55.1 Å². The standard InChI is InChI=1S/C20H20O5/c1-18-7-13(21)10-5-6-23-15(10)11-3-4-12-17(22)24-9-20(12,16(11)18)8-14-19(18,2)25-14/h4-6,11,14,16H,3,7-9H2,1-2H3. The molecule has 5 aliphatic rings. The van der Waals surface area contributed by atoms with Crippen molar-refractivity contribution in [1.29, 1.82) is 0 Å². The van der Waals surface area contributed by atoms with Gasteiger partial charge in [-0.05, 0) is 31.7 Å². The summed E-state index contributed by atoms with van der Waals surface area (Å²) in [6.45, 7) is 4.72. The molecule has 6 rings (SSSR count). The number of rotatable bonds is 0. The highest BCUT2D eigenvalue weighted by Crippen LogP contribution is 2.74. The van der Waals surface area contributed by atoms with E-state index >= 15 is 0 Å². The molecule has 0 amide bonds. The van der Waals surface area contributed by atoms with E-state index in [-0.39, 0.29) is 46.1 Å². The van der Waals surface area contributed by atoms with Gasteiger partial charge in [-0.15, -0.1) is 0 Å². The summed E-state index contributed by atoms with van der Waals surface area (Å²) >= 11 is 0. The number of furan rings is 1. The fourth-order valence-electron chi connectivity index (χ4n) is 6.66. The number of hydrogen-bond acceptors (Lipinski definition) is 5. The average Bonchev–Trinajstić information content (AvgIpc) is 2.96. The van der Waals surface area contributed by atoms with Gasteiger partial charge in [-0.2, -0.15) is 0 Å². The van der Waals surface area contributed by atoms with Gasteiger partial charge in [-0.3, -0.25) is 4.79 Å².